The smallest absolute Gasteiger partial charge is 0.144 e. The molecule has 0 aromatic heterocycles. The SMILES string of the molecule is CCCCCC#CCCOC(C#N)CCCC. The molecule has 2 heteroatoms. The van der Waals surface area contributed by atoms with E-state index in [1.807, 2.05) is 0 Å². The fourth-order valence-electron chi connectivity index (χ4n) is 1.47. The molecule has 96 valence electrons. The number of rotatable bonds is 9. The van der Waals surface area contributed by atoms with Crippen molar-refractivity contribution in [3.05, 3.63) is 0 Å². The van der Waals surface area contributed by atoms with Gasteiger partial charge in [0.1, 0.15) is 6.10 Å². The van der Waals surface area contributed by atoms with Crippen molar-refractivity contribution in [1.82, 2.24) is 0 Å². The summed E-state index contributed by atoms with van der Waals surface area (Å²) in [6.07, 6.45) is 8.21. The van der Waals surface area contributed by atoms with Gasteiger partial charge in [-0.25, -0.2) is 0 Å². The summed E-state index contributed by atoms with van der Waals surface area (Å²) in [4.78, 5) is 0. The zero-order valence-electron chi connectivity index (χ0n) is 11.3. The van der Waals surface area contributed by atoms with Crippen LogP contribution >= 0.6 is 0 Å². The van der Waals surface area contributed by atoms with E-state index in [4.69, 9.17) is 10.00 Å². The van der Waals surface area contributed by atoms with Gasteiger partial charge in [0.2, 0.25) is 0 Å². The Morgan fingerprint density at radius 2 is 1.71 bits per heavy atom. The molecule has 0 radical (unpaired) electrons. The van der Waals surface area contributed by atoms with E-state index in [0.717, 1.165) is 32.1 Å². The molecule has 0 aromatic rings. The second kappa shape index (κ2) is 13.1. The van der Waals surface area contributed by atoms with E-state index in [0.29, 0.717) is 6.61 Å². The summed E-state index contributed by atoms with van der Waals surface area (Å²) in [5.74, 6) is 6.24. The molecule has 0 amide bonds. The largest absolute Gasteiger partial charge is 0.362 e. The molecule has 0 aromatic carbocycles. The van der Waals surface area contributed by atoms with E-state index in [2.05, 4.69) is 31.8 Å². The fourth-order valence-corrected chi connectivity index (χ4v) is 1.47. The molecule has 1 atom stereocenters. The highest BCUT2D eigenvalue weighted by Gasteiger charge is 2.05. The van der Waals surface area contributed by atoms with Crippen molar-refractivity contribution in [2.45, 2.75) is 71.3 Å². The number of nitrogens with zero attached hydrogens (tertiary/aromatic N) is 1. The maximum Gasteiger partial charge on any atom is 0.144 e. The van der Waals surface area contributed by atoms with E-state index in [1.54, 1.807) is 0 Å². The molecule has 0 saturated carbocycles. The Morgan fingerprint density at radius 3 is 2.35 bits per heavy atom. The summed E-state index contributed by atoms with van der Waals surface area (Å²) in [6.45, 7) is 4.90. The molecular weight excluding hydrogens is 210 g/mol. The Bertz CT molecular complexity index is 256. The molecule has 2 nitrogen and oxygen atoms in total. The number of hydrogen-bond acceptors (Lipinski definition) is 2. The number of unbranched alkanes of at least 4 members (excludes halogenated alkanes) is 4. The highest BCUT2D eigenvalue weighted by molar-refractivity contribution is 4.98. The van der Waals surface area contributed by atoms with Crippen LogP contribution < -0.4 is 0 Å². The summed E-state index contributed by atoms with van der Waals surface area (Å²) >= 11 is 0. The van der Waals surface area contributed by atoms with Crippen molar-refractivity contribution < 1.29 is 4.74 Å². The second-order valence-electron chi connectivity index (χ2n) is 4.19. The van der Waals surface area contributed by atoms with Gasteiger partial charge < -0.3 is 4.74 Å². The van der Waals surface area contributed by atoms with E-state index in [1.165, 1.54) is 19.3 Å². The lowest BCUT2D eigenvalue weighted by Gasteiger charge is -2.07. The topological polar surface area (TPSA) is 33.0 Å². The van der Waals surface area contributed by atoms with Gasteiger partial charge in [-0.1, -0.05) is 39.5 Å². The molecule has 0 aliphatic heterocycles. The monoisotopic (exact) mass is 235 g/mol. The summed E-state index contributed by atoms with van der Waals surface area (Å²) in [7, 11) is 0. The molecule has 1 unspecified atom stereocenters. The van der Waals surface area contributed by atoms with Crippen LogP contribution in [-0.4, -0.2) is 12.7 Å². The lowest BCUT2D eigenvalue weighted by Crippen LogP contribution is -2.10. The Hall–Kier alpha value is -0.990. The van der Waals surface area contributed by atoms with Crippen LogP contribution in [0.15, 0.2) is 0 Å². The number of hydrogen-bond donors (Lipinski definition) is 0. The molecule has 0 rings (SSSR count). The van der Waals surface area contributed by atoms with Crippen molar-refractivity contribution in [3.63, 3.8) is 0 Å². The summed E-state index contributed by atoms with van der Waals surface area (Å²) in [6, 6.07) is 2.19. The Morgan fingerprint density at radius 1 is 1.00 bits per heavy atom. The predicted molar refractivity (Wildman–Crippen MR) is 71.4 cm³/mol. The minimum atomic E-state index is -0.239. The van der Waals surface area contributed by atoms with Gasteiger partial charge >= 0.3 is 0 Å². The van der Waals surface area contributed by atoms with Crippen LogP contribution in [0.1, 0.15) is 65.2 Å². The fraction of sp³-hybridized carbons (Fsp3) is 0.800. The maximum absolute atomic E-state index is 8.84. The van der Waals surface area contributed by atoms with Gasteiger partial charge in [-0.2, -0.15) is 5.26 Å². The van der Waals surface area contributed by atoms with E-state index in [9.17, 15) is 0 Å². The number of ether oxygens (including phenoxy) is 1. The first-order chi connectivity index (χ1) is 8.35. The Balaban J connectivity index is 3.44. The summed E-state index contributed by atoms with van der Waals surface area (Å²) in [5.41, 5.74) is 0. The van der Waals surface area contributed by atoms with Crippen molar-refractivity contribution in [1.29, 1.82) is 5.26 Å². The van der Waals surface area contributed by atoms with Gasteiger partial charge in [0, 0.05) is 12.8 Å². The quantitative estimate of drug-likeness (QED) is 0.446. The highest BCUT2D eigenvalue weighted by atomic mass is 16.5. The molecule has 0 bridgehead atoms. The molecule has 17 heavy (non-hydrogen) atoms. The summed E-state index contributed by atoms with van der Waals surface area (Å²) in [5, 5.41) is 8.84. The van der Waals surface area contributed by atoms with E-state index < -0.39 is 0 Å². The molecular formula is C15H25NO. The molecule has 0 spiro atoms. The second-order valence-corrected chi connectivity index (χ2v) is 4.19. The van der Waals surface area contributed by atoms with Crippen LogP contribution in [0.5, 0.6) is 0 Å². The molecule has 0 N–H and O–H groups in total. The average Bonchev–Trinajstić information content (AvgIpc) is 2.36. The molecule has 0 heterocycles. The first-order valence-electron chi connectivity index (χ1n) is 6.82. The van der Waals surface area contributed by atoms with Crippen LogP contribution in [0.25, 0.3) is 0 Å². The van der Waals surface area contributed by atoms with Crippen LogP contribution in [-0.2, 0) is 4.74 Å². The van der Waals surface area contributed by atoms with E-state index in [-0.39, 0.29) is 6.10 Å². The molecule has 0 aliphatic rings. The van der Waals surface area contributed by atoms with Gasteiger partial charge in [-0.05, 0) is 12.8 Å². The minimum Gasteiger partial charge on any atom is -0.362 e. The molecule has 0 fully saturated rings. The van der Waals surface area contributed by atoms with Gasteiger partial charge in [-0.3, -0.25) is 0 Å². The van der Waals surface area contributed by atoms with Gasteiger partial charge in [0.25, 0.3) is 0 Å². The van der Waals surface area contributed by atoms with Crippen LogP contribution in [0, 0.1) is 23.2 Å². The van der Waals surface area contributed by atoms with Crippen molar-refractivity contribution in [2.75, 3.05) is 6.61 Å². The Kier molecular flexibility index (Phi) is 12.3. The normalized spacial score (nSPS) is 11.4. The third kappa shape index (κ3) is 11.3. The highest BCUT2D eigenvalue weighted by Crippen LogP contribution is 2.04. The lowest BCUT2D eigenvalue weighted by molar-refractivity contribution is 0.0874. The predicted octanol–water partition coefficient (Wildman–Crippen LogP) is 4.06. The first kappa shape index (κ1) is 16.0. The van der Waals surface area contributed by atoms with Crippen molar-refractivity contribution in [3.8, 4) is 17.9 Å². The van der Waals surface area contributed by atoms with Crippen LogP contribution in [0.2, 0.25) is 0 Å². The first-order valence-corrected chi connectivity index (χ1v) is 6.82. The third-order valence-corrected chi connectivity index (χ3v) is 2.54. The van der Waals surface area contributed by atoms with Gasteiger partial charge in [-0.15, -0.1) is 11.8 Å². The molecule has 0 saturated heterocycles. The minimum absolute atomic E-state index is 0.239. The van der Waals surface area contributed by atoms with Crippen molar-refractivity contribution >= 4 is 0 Å². The van der Waals surface area contributed by atoms with Crippen LogP contribution in [0.3, 0.4) is 0 Å². The average molecular weight is 235 g/mol. The van der Waals surface area contributed by atoms with Gasteiger partial charge in [0.15, 0.2) is 0 Å². The Labute approximate surface area is 106 Å². The number of nitriles is 1. The zero-order valence-corrected chi connectivity index (χ0v) is 11.3. The van der Waals surface area contributed by atoms with E-state index >= 15 is 0 Å². The van der Waals surface area contributed by atoms with Gasteiger partial charge in [0.05, 0.1) is 12.7 Å². The summed E-state index contributed by atoms with van der Waals surface area (Å²) < 4.78 is 5.46. The standard InChI is InChI=1S/C15H25NO/c1-3-5-7-8-9-10-11-13-17-15(14-16)12-6-4-2/h15H,3-8,11-13H2,1-2H3. The third-order valence-electron chi connectivity index (χ3n) is 2.54. The van der Waals surface area contributed by atoms with Crippen LogP contribution in [0.4, 0.5) is 0 Å². The maximum atomic E-state index is 8.84. The van der Waals surface area contributed by atoms with Crippen molar-refractivity contribution in [2.24, 2.45) is 0 Å². The molecule has 0 aliphatic carbocycles. The zero-order chi connectivity index (χ0) is 12.8. The lowest BCUT2D eigenvalue weighted by atomic mass is 10.2.